The number of hydrogen-bond acceptors (Lipinski definition) is 5. The average Bonchev–Trinajstić information content (AvgIpc) is 3.07. The summed E-state index contributed by atoms with van der Waals surface area (Å²) in [7, 11) is 0. The number of piperazine rings is 1. The molecule has 0 aromatic heterocycles. The zero-order valence-electron chi connectivity index (χ0n) is 18.4. The van der Waals surface area contributed by atoms with E-state index in [2.05, 4.69) is 21.9 Å². The molecule has 3 aromatic rings. The number of nitrogens with zero attached hydrogens (tertiary/aromatic N) is 3. The molecule has 2 heterocycles. The summed E-state index contributed by atoms with van der Waals surface area (Å²) in [5.41, 5.74) is 1.02. The lowest BCUT2D eigenvalue weighted by molar-refractivity contribution is -0.136. The van der Waals surface area contributed by atoms with Crippen molar-refractivity contribution in [1.29, 1.82) is 0 Å². The highest BCUT2D eigenvalue weighted by Gasteiger charge is 2.51. The van der Waals surface area contributed by atoms with Gasteiger partial charge >= 0.3 is 0 Å². The van der Waals surface area contributed by atoms with Crippen LogP contribution >= 0.6 is 0 Å². The first-order valence-corrected chi connectivity index (χ1v) is 11.3. The molecule has 0 aliphatic carbocycles. The van der Waals surface area contributed by atoms with E-state index < -0.39 is 11.5 Å². The fourth-order valence-electron chi connectivity index (χ4n) is 4.76. The van der Waals surface area contributed by atoms with Gasteiger partial charge in [0, 0.05) is 43.0 Å². The Labute approximate surface area is 193 Å². The molecule has 33 heavy (non-hydrogen) atoms. The summed E-state index contributed by atoms with van der Waals surface area (Å²) in [5.74, 6) is -0.682. The number of rotatable bonds is 6. The van der Waals surface area contributed by atoms with Crippen molar-refractivity contribution < 1.29 is 14.7 Å². The molecule has 1 N–H and O–H groups in total. The third kappa shape index (κ3) is 4.03. The predicted molar refractivity (Wildman–Crippen MR) is 128 cm³/mol. The zero-order chi connectivity index (χ0) is 22.8. The third-order valence-corrected chi connectivity index (χ3v) is 6.59. The van der Waals surface area contributed by atoms with Gasteiger partial charge in [0.15, 0.2) is 11.4 Å². The number of carbonyl (C=O) groups is 2. The van der Waals surface area contributed by atoms with E-state index in [1.54, 1.807) is 41.3 Å². The summed E-state index contributed by atoms with van der Waals surface area (Å²) in [6, 6.07) is 26.4. The second-order valence-electron chi connectivity index (χ2n) is 8.66. The molecule has 3 aromatic carbocycles. The molecule has 0 spiro atoms. The fraction of sp³-hybridized carbons (Fsp3) is 0.259. The van der Waals surface area contributed by atoms with Crippen molar-refractivity contribution in [3.05, 3.63) is 96.1 Å². The smallest absolute Gasteiger partial charge is 0.265 e. The molecular weight excluding hydrogens is 414 g/mol. The number of fused-ring (bicyclic) bond motifs is 1. The first-order valence-electron chi connectivity index (χ1n) is 11.3. The van der Waals surface area contributed by atoms with E-state index in [9.17, 15) is 14.7 Å². The van der Waals surface area contributed by atoms with Gasteiger partial charge in [-0.25, -0.2) is 0 Å². The van der Waals surface area contributed by atoms with Crippen LogP contribution < -0.4 is 9.80 Å². The molecule has 1 fully saturated rings. The molecule has 2 aliphatic rings. The standard InChI is InChI=1S/C27H27N3O3/c31-25(21-9-3-1-4-10-21)19-27(33)23-13-7-8-14-24(23)30(26(27)32)20-28-15-17-29(18-16-28)22-11-5-2-6-12-22/h1-14,33H,15-20H2. The quantitative estimate of drug-likeness (QED) is 0.595. The zero-order valence-corrected chi connectivity index (χ0v) is 18.4. The molecule has 5 rings (SSSR count). The van der Waals surface area contributed by atoms with Gasteiger partial charge in [-0.05, 0) is 18.2 Å². The van der Waals surface area contributed by atoms with Crippen LogP contribution in [0.3, 0.4) is 0 Å². The minimum Gasteiger partial charge on any atom is -0.375 e. The number of aliphatic hydroxyl groups is 1. The van der Waals surface area contributed by atoms with Gasteiger partial charge in [-0.3, -0.25) is 19.4 Å². The minimum absolute atomic E-state index is 0.250. The number of ketones is 1. The topological polar surface area (TPSA) is 64.1 Å². The monoisotopic (exact) mass is 441 g/mol. The van der Waals surface area contributed by atoms with Gasteiger partial charge in [-0.15, -0.1) is 0 Å². The first-order chi connectivity index (χ1) is 16.1. The Kier molecular flexibility index (Phi) is 5.70. The largest absolute Gasteiger partial charge is 0.375 e. The van der Waals surface area contributed by atoms with Gasteiger partial charge in [-0.1, -0.05) is 66.7 Å². The van der Waals surface area contributed by atoms with E-state index in [4.69, 9.17) is 0 Å². The molecule has 1 unspecified atom stereocenters. The second kappa shape index (κ2) is 8.81. The van der Waals surface area contributed by atoms with Crippen LogP contribution in [0, 0.1) is 0 Å². The van der Waals surface area contributed by atoms with Gasteiger partial charge in [0.1, 0.15) is 0 Å². The van der Waals surface area contributed by atoms with Crippen LogP contribution in [0.15, 0.2) is 84.9 Å². The highest BCUT2D eigenvalue weighted by atomic mass is 16.3. The van der Waals surface area contributed by atoms with Crippen molar-refractivity contribution in [2.45, 2.75) is 12.0 Å². The van der Waals surface area contributed by atoms with E-state index in [0.29, 0.717) is 23.5 Å². The maximum atomic E-state index is 13.5. The molecule has 1 amide bonds. The lowest BCUT2D eigenvalue weighted by Crippen LogP contribution is -2.52. The van der Waals surface area contributed by atoms with Crippen LogP contribution in [0.4, 0.5) is 11.4 Å². The van der Waals surface area contributed by atoms with Crippen LogP contribution in [-0.4, -0.2) is 54.5 Å². The van der Waals surface area contributed by atoms with E-state index in [-0.39, 0.29) is 12.2 Å². The van der Waals surface area contributed by atoms with Gasteiger partial charge in [0.25, 0.3) is 5.91 Å². The number of benzene rings is 3. The molecule has 6 heteroatoms. The molecular formula is C27H27N3O3. The number of anilines is 2. The van der Waals surface area contributed by atoms with Crippen molar-refractivity contribution in [1.82, 2.24) is 4.90 Å². The highest BCUT2D eigenvalue weighted by molar-refractivity contribution is 6.10. The van der Waals surface area contributed by atoms with Gasteiger partial charge in [-0.2, -0.15) is 0 Å². The summed E-state index contributed by atoms with van der Waals surface area (Å²) in [6.45, 7) is 3.74. The minimum atomic E-state index is -1.85. The summed E-state index contributed by atoms with van der Waals surface area (Å²) in [5, 5.41) is 11.5. The number of Topliss-reactive ketones (excluding diaryl/α,β-unsaturated/α-hetero) is 1. The molecule has 1 atom stereocenters. The highest BCUT2D eigenvalue weighted by Crippen LogP contribution is 2.43. The van der Waals surface area contributed by atoms with E-state index in [1.165, 1.54) is 5.69 Å². The number of para-hydroxylation sites is 2. The molecule has 6 nitrogen and oxygen atoms in total. The lowest BCUT2D eigenvalue weighted by Gasteiger charge is -2.38. The number of amides is 1. The van der Waals surface area contributed by atoms with E-state index in [0.717, 1.165) is 26.2 Å². The molecule has 0 bridgehead atoms. The molecule has 0 saturated carbocycles. The summed E-state index contributed by atoms with van der Waals surface area (Å²) in [4.78, 5) is 32.6. The van der Waals surface area contributed by atoms with Crippen LogP contribution in [0.2, 0.25) is 0 Å². The van der Waals surface area contributed by atoms with Gasteiger partial charge in [0.05, 0.1) is 18.8 Å². The maximum absolute atomic E-state index is 13.5. The Balaban J connectivity index is 1.32. The molecule has 2 aliphatic heterocycles. The van der Waals surface area contributed by atoms with Crippen molar-refractivity contribution in [3.8, 4) is 0 Å². The van der Waals surface area contributed by atoms with Crippen LogP contribution in [0.5, 0.6) is 0 Å². The van der Waals surface area contributed by atoms with Gasteiger partial charge < -0.3 is 10.0 Å². The molecule has 168 valence electrons. The first kappa shape index (κ1) is 21.4. The summed E-state index contributed by atoms with van der Waals surface area (Å²) >= 11 is 0. The molecule has 0 radical (unpaired) electrons. The fourth-order valence-corrected chi connectivity index (χ4v) is 4.76. The predicted octanol–water partition coefficient (Wildman–Crippen LogP) is 3.27. The average molecular weight is 442 g/mol. The Bertz CT molecular complexity index is 1140. The van der Waals surface area contributed by atoms with Gasteiger partial charge in [0.2, 0.25) is 0 Å². The van der Waals surface area contributed by atoms with E-state index >= 15 is 0 Å². The molecule has 1 saturated heterocycles. The number of hydrogen-bond donors (Lipinski definition) is 1. The SMILES string of the molecule is O=C(CC1(O)C(=O)N(CN2CCN(c3ccccc3)CC2)c2ccccc21)c1ccccc1. The Morgan fingerprint density at radius 1 is 0.818 bits per heavy atom. The summed E-state index contributed by atoms with van der Waals surface area (Å²) in [6.07, 6.45) is -0.273. The second-order valence-corrected chi connectivity index (χ2v) is 8.66. The maximum Gasteiger partial charge on any atom is 0.265 e. The Morgan fingerprint density at radius 2 is 1.42 bits per heavy atom. The normalized spacial score (nSPS) is 20.7. The Morgan fingerprint density at radius 3 is 2.12 bits per heavy atom. The van der Waals surface area contributed by atoms with Crippen LogP contribution in [0.1, 0.15) is 22.3 Å². The van der Waals surface area contributed by atoms with E-state index in [1.807, 2.05) is 36.4 Å². The van der Waals surface area contributed by atoms with Crippen LogP contribution in [0.25, 0.3) is 0 Å². The van der Waals surface area contributed by atoms with Crippen molar-refractivity contribution in [2.75, 3.05) is 42.6 Å². The van der Waals surface area contributed by atoms with Crippen LogP contribution in [-0.2, 0) is 10.4 Å². The van der Waals surface area contributed by atoms with Crippen molar-refractivity contribution in [3.63, 3.8) is 0 Å². The van der Waals surface area contributed by atoms with Crippen molar-refractivity contribution in [2.24, 2.45) is 0 Å². The third-order valence-electron chi connectivity index (χ3n) is 6.59. The lowest BCUT2D eigenvalue weighted by atomic mass is 9.88. The van der Waals surface area contributed by atoms with Crippen molar-refractivity contribution >= 4 is 23.1 Å². The Hall–Kier alpha value is -3.48. The summed E-state index contributed by atoms with van der Waals surface area (Å²) < 4.78 is 0. The number of carbonyl (C=O) groups excluding carboxylic acids is 2.